The number of nitrogens with two attached hydrogens (primary N) is 1. The number of rotatable bonds is 4. The maximum Gasteiger partial charge on any atom is 0.246 e. The van der Waals surface area contributed by atoms with Gasteiger partial charge in [-0.1, -0.05) is 48.5 Å². The predicted octanol–water partition coefficient (Wildman–Crippen LogP) is 2.18. The summed E-state index contributed by atoms with van der Waals surface area (Å²) >= 11 is 0. The van der Waals surface area contributed by atoms with Gasteiger partial charge in [0.15, 0.2) is 0 Å². The van der Waals surface area contributed by atoms with Crippen molar-refractivity contribution in [1.29, 1.82) is 0 Å². The zero-order valence-electron chi connectivity index (χ0n) is 15.8. The molecule has 2 N–H and O–H groups in total. The zero-order valence-corrected chi connectivity index (χ0v) is 15.8. The van der Waals surface area contributed by atoms with Gasteiger partial charge in [-0.25, -0.2) is 0 Å². The summed E-state index contributed by atoms with van der Waals surface area (Å²) in [6.45, 7) is 2.24. The first-order valence-corrected chi connectivity index (χ1v) is 9.50. The van der Waals surface area contributed by atoms with Gasteiger partial charge in [0.1, 0.15) is 12.0 Å². The van der Waals surface area contributed by atoms with E-state index in [0.29, 0.717) is 19.4 Å². The second kappa shape index (κ2) is 6.78. The maximum atomic E-state index is 13.0. The SMILES string of the molecule is CC1CN(c2ccccc2-c2ccccc2)C(=O)CN1C(=O)C1(C(N)=O)CC1. The number of hydrogen-bond donors (Lipinski definition) is 1. The van der Waals surface area contributed by atoms with E-state index < -0.39 is 11.3 Å². The van der Waals surface area contributed by atoms with Crippen LogP contribution in [0.25, 0.3) is 11.1 Å². The van der Waals surface area contributed by atoms with Gasteiger partial charge in [0.25, 0.3) is 0 Å². The van der Waals surface area contributed by atoms with Crippen LogP contribution in [-0.4, -0.2) is 41.8 Å². The van der Waals surface area contributed by atoms with Crippen LogP contribution in [0.4, 0.5) is 5.69 Å². The predicted molar refractivity (Wildman–Crippen MR) is 106 cm³/mol. The number of carbonyl (C=O) groups excluding carboxylic acids is 3. The van der Waals surface area contributed by atoms with Crippen molar-refractivity contribution < 1.29 is 14.4 Å². The summed E-state index contributed by atoms with van der Waals surface area (Å²) in [4.78, 5) is 40.8. The Balaban J connectivity index is 1.61. The number of anilines is 1. The topological polar surface area (TPSA) is 83.7 Å². The molecule has 1 saturated carbocycles. The molecular formula is C22H23N3O3. The van der Waals surface area contributed by atoms with Crippen molar-refractivity contribution in [3.8, 4) is 11.1 Å². The highest BCUT2D eigenvalue weighted by atomic mass is 16.2. The molecule has 2 aromatic carbocycles. The van der Waals surface area contributed by atoms with Gasteiger partial charge in [-0.2, -0.15) is 0 Å². The summed E-state index contributed by atoms with van der Waals surface area (Å²) in [5.74, 6) is -1.05. The number of nitrogens with zero attached hydrogens (tertiary/aromatic N) is 2. The Morgan fingerprint density at radius 1 is 1.04 bits per heavy atom. The largest absolute Gasteiger partial charge is 0.369 e. The van der Waals surface area contributed by atoms with Crippen molar-refractivity contribution in [1.82, 2.24) is 4.90 Å². The quantitative estimate of drug-likeness (QED) is 0.829. The lowest BCUT2D eigenvalue weighted by Crippen LogP contribution is -2.59. The highest BCUT2D eigenvalue weighted by Gasteiger charge is 2.58. The number of benzene rings is 2. The molecule has 6 nitrogen and oxygen atoms in total. The van der Waals surface area contributed by atoms with Crippen LogP contribution in [0.15, 0.2) is 54.6 Å². The number of amides is 3. The van der Waals surface area contributed by atoms with E-state index >= 15 is 0 Å². The molecule has 4 rings (SSSR count). The van der Waals surface area contributed by atoms with E-state index in [1.54, 1.807) is 4.90 Å². The van der Waals surface area contributed by atoms with Crippen LogP contribution in [0, 0.1) is 5.41 Å². The Bertz CT molecular complexity index is 937. The molecule has 1 unspecified atom stereocenters. The molecule has 2 fully saturated rings. The monoisotopic (exact) mass is 377 g/mol. The average Bonchev–Trinajstić information content (AvgIpc) is 3.52. The van der Waals surface area contributed by atoms with Crippen molar-refractivity contribution in [3.63, 3.8) is 0 Å². The van der Waals surface area contributed by atoms with Gasteiger partial charge in [-0.3, -0.25) is 14.4 Å². The zero-order chi connectivity index (χ0) is 19.9. The lowest BCUT2D eigenvalue weighted by molar-refractivity contribution is -0.148. The maximum absolute atomic E-state index is 13.0. The molecule has 1 heterocycles. The lowest BCUT2D eigenvalue weighted by Gasteiger charge is -2.41. The molecule has 1 atom stereocenters. The van der Waals surface area contributed by atoms with Crippen LogP contribution in [0.1, 0.15) is 19.8 Å². The minimum Gasteiger partial charge on any atom is -0.369 e. The molecule has 0 bridgehead atoms. The molecule has 0 aromatic heterocycles. The van der Waals surface area contributed by atoms with Gasteiger partial charge >= 0.3 is 0 Å². The summed E-state index contributed by atoms with van der Waals surface area (Å²) in [5.41, 5.74) is 7.17. The van der Waals surface area contributed by atoms with Crippen molar-refractivity contribution >= 4 is 23.4 Å². The molecule has 1 aliphatic carbocycles. The van der Waals surface area contributed by atoms with Gasteiger partial charge < -0.3 is 15.5 Å². The van der Waals surface area contributed by atoms with E-state index in [1.165, 1.54) is 4.90 Å². The second-order valence-electron chi connectivity index (χ2n) is 7.62. The number of carbonyl (C=O) groups is 3. The van der Waals surface area contributed by atoms with Crippen molar-refractivity contribution in [2.45, 2.75) is 25.8 Å². The Labute approximate surface area is 163 Å². The second-order valence-corrected chi connectivity index (χ2v) is 7.62. The van der Waals surface area contributed by atoms with Crippen LogP contribution >= 0.6 is 0 Å². The number of hydrogen-bond acceptors (Lipinski definition) is 3. The molecule has 0 radical (unpaired) electrons. The van der Waals surface area contributed by atoms with E-state index in [2.05, 4.69) is 0 Å². The fourth-order valence-corrected chi connectivity index (χ4v) is 3.89. The number of piperazine rings is 1. The van der Waals surface area contributed by atoms with Crippen molar-refractivity contribution in [3.05, 3.63) is 54.6 Å². The van der Waals surface area contributed by atoms with Crippen LogP contribution < -0.4 is 10.6 Å². The van der Waals surface area contributed by atoms with E-state index in [1.807, 2.05) is 61.5 Å². The van der Waals surface area contributed by atoms with Gasteiger partial charge in [-0.05, 0) is 31.4 Å². The molecule has 144 valence electrons. The molecule has 1 aliphatic heterocycles. The van der Waals surface area contributed by atoms with E-state index in [0.717, 1.165) is 16.8 Å². The van der Waals surface area contributed by atoms with Gasteiger partial charge in [0, 0.05) is 18.2 Å². The molecule has 2 aromatic rings. The molecule has 3 amide bonds. The fourth-order valence-electron chi connectivity index (χ4n) is 3.89. The molecule has 2 aliphatic rings. The average molecular weight is 377 g/mol. The van der Waals surface area contributed by atoms with Crippen molar-refractivity contribution in [2.24, 2.45) is 11.1 Å². The first-order chi connectivity index (χ1) is 13.4. The molecule has 28 heavy (non-hydrogen) atoms. The smallest absolute Gasteiger partial charge is 0.246 e. The first kappa shape index (κ1) is 18.2. The molecule has 0 spiro atoms. The Hall–Kier alpha value is -3.15. The molecular weight excluding hydrogens is 354 g/mol. The highest BCUT2D eigenvalue weighted by Crippen LogP contribution is 2.47. The Kier molecular flexibility index (Phi) is 4.41. The lowest BCUT2D eigenvalue weighted by atomic mass is 9.99. The third-order valence-corrected chi connectivity index (χ3v) is 5.76. The van der Waals surface area contributed by atoms with Gasteiger partial charge in [0.05, 0.1) is 5.69 Å². The first-order valence-electron chi connectivity index (χ1n) is 9.50. The summed E-state index contributed by atoms with van der Waals surface area (Å²) in [6.07, 6.45) is 0.943. The van der Waals surface area contributed by atoms with Gasteiger partial charge in [-0.15, -0.1) is 0 Å². The minimum atomic E-state index is -1.10. The van der Waals surface area contributed by atoms with E-state index in [4.69, 9.17) is 5.73 Å². The number of para-hydroxylation sites is 1. The Morgan fingerprint density at radius 2 is 1.68 bits per heavy atom. The summed E-state index contributed by atoms with van der Waals surface area (Å²) < 4.78 is 0. The number of primary amides is 1. The fraction of sp³-hybridized carbons (Fsp3) is 0.318. The van der Waals surface area contributed by atoms with Crippen molar-refractivity contribution in [2.75, 3.05) is 18.0 Å². The third-order valence-electron chi connectivity index (χ3n) is 5.76. The van der Waals surface area contributed by atoms with Gasteiger partial charge in [0.2, 0.25) is 17.7 Å². The summed E-state index contributed by atoms with van der Waals surface area (Å²) in [7, 11) is 0. The Morgan fingerprint density at radius 3 is 2.32 bits per heavy atom. The normalized spacial score (nSPS) is 20.8. The highest BCUT2D eigenvalue weighted by molar-refractivity contribution is 6.09. The third kappa shape index (κ3) is 2.95. The standard InChI is InChI=1S/C22H23N3O3/c1-15-13-25(18-10-6-5-9-17(18)16-7-3-2-4-8-16)19(26)14-24(15)21(28)22(11-12-22)20(23)27/h2-10,15H,11-14H2,1H3,(H2,23,27). The summed E-state index contributed by atoms with van der Waals surface area (Å²) in [5, 5.41) is 0. The van der Waals surface area contributed by atoms with Crippen LogP contribution in [-0.2, 0) is 14.4 Å². The van der Waals surface area contributed by atoms with Crippen LogP contribution in [0.2, 0.25) is 0 Å². The molecule has 6 heteroatoms. The van der Waals surface area contributed by atoms with E-state index in [-0.39, 0.29) is 24.4 Å². The molecule has 1 saturated heterocycles. The summed E-state index contributed by atoms with van der Waals surface area (Å²) in [6, 6.07) is 17.5. The van der Waals surface area contributed by atoms with Crippen LogP contribution in [0.5, 0.6) is 0 Å². The minimum absolute atomic E-state index is 0.0435. The van der Waals surface area contributed by atoms with E-state index in [9.17, 15) is 14.4 Å². The van der Waals surface area contributed by atoms with Crippen LogP contribution in [0.3, 0.4) is 0 Å².